The van der Waals surface area contributed by atoms with Gasteiger partial charge in [0.05, 0.1) is 12.6 Å². The van der Waals surface area contributed by atoms with Crippen LogP contribution in [-0.4, -0.2) is 29.7 Å². The van der Waals surface area contributed by atoms with Gasteiger partial charge in [-0.3, -0.25) is 4.79 Å². The first-order chi connectivity index (χ1) is 12.9. The number of nitrogens with one attached hydrogen (secondary N) is 1. The second-order valence-corrected chi connectivity index (χ2v) is 5.33. The SMILES string of the molecule is CCOC(=O)Oc1ccccc1/N=N/c1ccc(NC(=O)[C@H](C)N)nc1N. The van der Waals surface area contributed by atoms with Gasteiger partial charge in [-0.1, -0.05) is 12.1 Å². The number of benzene rings is 1. The molecule has 0 spiro atoms. The molecule has 0 fully saturated rings. The van der Waals surface area contributed by atoms with E-state index in [2.05, 4.69) is 20.5 Å². The number of anilines is 2. The number of amides is 1. The molecule has 1 aromatic heterocycles. The number of carbonyl (C=O) groups is 2. The number of nitrogens with zero attached hydrogens (tertiary/aromatic N) is 3. The Bertz CT molecular complexity index is 853. The van der Waals surface area contributed by atoms with Crippen molar-refractivity contribution in [3.8, 4) is 5.75 Å². The number of ether oxygens (including phenoxy) is 2. The van der Waals surface area contributed by atoms with E-state index >= 15 is 0 Å². The molecule has 2 rings (SSSR count). The maximum absolute atomic E-state index is 11.6. The third kappa shape index (κ3) is 5.75. The van der Waals surface area contributed by atoms with E-state index in [0.717, 1.165) is 0 Å². The topological polar surface area (TPSA) is 154 Å². The van der Waals surface area contributed by atoms with Gasteiger partial charge in [-0.25, -0.2) is 9.78 Å². The van der Waals surface area contributed by atoms with E-state index in [0.29, 0.717) is 5.69 Å². The Hall–Kier alpha value is -3.53. The number of para-hydroxylation sites is 1. The zero-order valence-corrected chi connectivity index (χ0v) is 14.9. The van der Waals surface area contributed by atoms with Crippen LogP contribution in [0.1, 0.15) is 13.8 Å². The lowest BCUT2D eigenvalue weighted by Crippen LogP contribution is -2.32. The van der Waals surface area contributed by atoms with Crippen LogP contribution in [0.15, 0.2) is 46.6 Å². The fourth-order valence-electron chi connectivity index (χ4n) is 1.83. The quantitative estimate of drug-likeness (QED) is 0.400. The summed E-state index contributed by atoms with van der Waals surface area (Å²) < 4.78 is 9.81. The molecule has 2 aromatic rings. The second-order valence-electron chi connectivity index (χ2n) is 5.33. The number of aromatic nitrogens is 1. The summed E-state index contributed by atoms with van der Waals surface area (Å²) in [5.74, 6) is 0.109. The molecule has 0 saturated heterocycles. The van der Waals surface area contributed by atoms with Crippen molar-refractivity contribution in [3.05, 3.63) is 36.4 Å². The normalized spacial score (nSPS) is 11.8. The molecule has 1 amide bonds. The summed E-state index contributed by atoms with van der Waals surface area (Å²) >= 11 is 0. The molecule has 0 aliphatic heterocycles. The lowest BCUT2D eigenvalue weighted by molar-refractivity contribution is -0.117. The number of pyridine rings is 1. The summed E-state index contributed by atoms with van der Waals surface area (Å²) in [6.45, 7) is 3.41. The molecule has 27 heavy (non-hydrogen) atoms. The first kappa shape index (κ1) is 19.8. The summed E-state index contributed by atoms with van der Waals surface area (Å²) in [7, 11) is 0. The third-order valence-electron chi connectivity index (χ3n) is 3.15. The van der Waals surface area contributed by atoms with Gasteiger partial charge in [-0.2, -0.15) is 0 Å². The fraction of sp³-hybridized carbons (Fsp3) is 0.235. The monoisotopic (exact) mass is 372 g/mol. The molecule has 0 bridgehead atoms. The van der Waals surface area contributed by atoms with Crippen LogP contribution in [0.4, 0.5) is 27.8 Å². The maximum Gasteiger partial charge on any atom is 0.513 e. The molecule has 10 heteroatoms. The minimum absolute atomic E-state index is 0.0602. The Balaban J connectivity index is 2.16. The van der Waals surface area contributed by atoms with Gasteiger partial charge in [-0.05, 0) is 38.1 Å². The van der Waals surface area contributed by atoms with Crippen LogP contribution in [0.2, 0.25) is 0 Å². The number of nitrogens with two attached hydrogens (primary N) is 2. The van der Waals surface area contributed by atoms with Gasteiger partial charge < -0.3 is 26.3 Å². The van der Waals surface area contributed by atoms with Crippen molar-refractivity contribution in [2.75, 3.05) is 17.7 Å². The predicted octanol–water partition coefficient (Wildman–Crippen LogP) is 2.90. The highest BCUT2D eigenvalue weighted by atomic mass is 16.7. The molecule has 0 saturated carbocycles. The Morgan fingerprint density at radius 1 is 1.19 bits per heavy atom. The lowest BCUT2D eigenvalue weighted by atomic mass is 10.3. The van der Waals surface area contributed by atoms with Gasteiger partial charge in [0.15, 0.2) is 11.6 Å². The highest BCUT2D eigenvalue weighted by Crippen LogP contribution is 2.30. The predicted molar refractivity (Wildman–Crippen MR) is 99.2 cm³/mol. The van der Waals surface area contributed by atoms with Gasteiger partial charge >= 0.3 is 6.16 Å². The Kier molecular flexibility index (Phi) is 6.78. The first-order valence-corrected chi connectivity index (χ1v) is 8.09. The van der Waals surface area contributed by atoms with Crippen molar-refractivity contribution in [1.29, 1.82) is 0 Å². The molecule has 5 N–H and O–H groups in total. The Morgan fingerprint density at radius 3 is 2.56 bits per heavy atom. The number of hydrogen-bond acceptors (Lipinski definition) is 9. The molecule has 0 radical (unpaired) electrons. The largest absolute Gasteiger partial charge is 0.513 e. The summed E-state index contributed by atoms with van der Waals surface area (Å²) in [6, 6.07) is 8.94. The van der Waals surface area contributed by atoms with Gasteiger partial charge in [0, 0.05) is 0 Å². The second kappa shape index (κ2) is 9.25. The smallest absolute Gasteiger partial charge is 0.434 e. The van der Waals surface area contributed by atoms with Crippen LogP contribution in [0, 0.1) is 0 Å². The van der Waals surface area contributed by atoms with Crippen molar-refractivity contribution < 1.29 is 19.1 Å². The molecule has 0 aliphatic rings. The van der Waals surface area contributed by atoms with Crippen LogP contribution < -0.4 is 21.5 Å². The molecular formula is C17H20N6O4. The van der Waals surface area contributed by atoms with E-state index in [1.54, 1.807) is 38.1 Å². The number of carbonyl (C=O) groups excluding carboxylic acids is 2. The van der Waals surface area contributed by atoms with Gasteiger partial charge in [0.1, 0.15) is 17.2 Å². The van der Waals surface area contributed by atoms with Crippen molar-refractivity contribution in [2.45, 2.75) is 19.9 Å². The zero-order valence-electron chi connectivity index (χ0n) is 14.9. The molecule has 1 heterocycles. The van der Waals surface area contributed by atoms with E-state index in [4.69, 9.17) is 20.9 Å². The van der Waals surface area contributed by atoms with Crippen LogP contribution in [0.3, 0.4) is 0 Å². The van der Waals surface area contributed by atoms with Crippen LogP contribution >= 0.6 is 0 Å². The highest BCUT2D eigenvalue weighted by Gasteiger charge is 2.11. The summed E-state index contributed by atoms with van der Waals surface area (Å²) in [5.41, 5.74) is 11.9. The van der Waals surface area contributed by atoms with Gasteiger partial charge in [-0.15, -0.1) is 10.2 Å². The van der Waals surface area contributed by atoms with Crippen molar-refractivity contribution in [1.82, 2.24) is 4.98 Å². The number of azo groups is 1. The number of nitrogen functional groups attached to an aromatic ring is 1. The lowest BCUT2D eigenvalue weighted by Gasteiger charge is -2.08. The average molecular weight is 372 g/mol. The van der Waals surface area contributed by atoms with E-state index in [1.165, 1.54) is 12.1 Å². The van der Waals surface area contributed by atoms with Crippen molar-refractivity contribution in [2.24, 2.45) is 16.0 Å². The van der Waals surface area contributed by atoms with Crippen molar-refractivity contribution >= 4 is 35.1 Å². The van der Waals surface area contributed by atoms with E-state index in [9.17, 15) is 9.59 Å². The van der Waals surface area contributed by atoms with E-state index in [-0.39, 0.29) is 35.6 Å². The number of rotatable bonds is 6. The van der Waals surface area contributed by atoms with E-state index in [1.807, 2.05) is 0 Å². The average Bonchev–Trinajstić information content (AvgIpc) is 2.62. The minimum atomic E-state index is -0.837. The Labute approximate surface area is 155 Å². The summed E-state index contributed by atoms with van der Waals surface area (Å²) in [6.07, 6.45) is -0.837. The molecular weight excluding hydrogens is 352 g/mol. The summed E-state index contributed by atoms with van der Waals surface area (Å²) in [4.78, 5) is 27.1. The molecule has 142 valence electrons. The summed E-state index contributed by atoms with van der Waals surface area (Å²) in [5, 5.41) is 10.6. The fourth-order valence-corrected chi connectivity index (χ4v) is 1.83. The highest BCUT2D eigenvalue weighted by molar-refractivity contribution is 5.93. The molecule has 0 unspecified atom stereocenters. The molecule has 0 aliphatic carbocycles. The van der Waals surface area contributed by atoms with Crippen LogP contribution in [0.5, 0.6) is 5.75 Å². The zero-order chi connectivity index (χ0) is 19.8. The standard InChI is InChI=1S/C17H20N6O4/c1-3-26-17(25)27-13-7-5-4-6-11(13)22-23-12-8-9-14(20-15(12)19)21-16(24)10(2)18/h4-10H,3,18H2,1-2H3,(H3,19,20,21,24)/b23-22+/t10-/m0/s1. The Morgan fingerprint density at radius 2 is 1.89 bits per heavy atom. The number of hydrogen-bond donors (Lipinski definition) is 3. The van der Waals surface area contributed by atoms with E-state index < -0.39 is 12.2 Å². The van der Waals surface area contributed by atoms with Gasteiger partial charge in [0.25, 0.3) is 0 Å². The van der Waals surface area contributed by atoms with Gasteiger partial charge in [0.2, 0.25) is 5.91 Å². The minimum Gasteiger partial charge on any atom is -0.434 e. The molecule has 10 nitrogen and oxygen atoms in total. The van der Waals surface area contributed by atoms with Crippen molar-refractivity contribution in [3.63, 3.8) is 0 Å². The van der Waals surface area contributed by atoms with Crippen LogP contribution in [-0.2, 0) is 9.53 Å². The maximum atomic E-state index is 11.6. The first-order valence-electron chi connectivity index (χ1n) is 8.09. The van der Waals surface area contributed by atoms with Crippen LogP contribution in [0.25, 0.3) is 0 Å². The molecule has 1 atom stereocenters. The third-order valence-corrected chi connectivity index (χ3v) is 3.15. The molecule has 1 aromatic carbocycles.